The van der Waals surface area contributed by atoms with Crippen molar-refractivity contribution >= 4 is 41.0 Å². The highest BCUT2D eigenvalue weighted by Crippen LogP contribution is 2.53. The summed E-state index contributed by atoms with van der Waals surface area (Å²) in [7, 11) is 6.18. The third-order valence-corrected chi connectivity index (χ3v) is 6.98. The van der Waals surface area contributed by atoms with Crippen LogP contribution in [-0.2, 0) is 9.59 Å². The monoisotopic (exact) mass is 520 g/mol. The van der Waals surface area contributed by atoms with E-state index in [0.717, 1.165) is 11.1 Å². The third-order valence-electron chi connectivity index (χ3n) is 5.73. The second-order valence-electron chi connectivity index (χ2n) is 8.09. The van der Waals surface area contributed by atoms with Crippen molar-refractivity contribution in [3.05, 3.63) is 76.7 Å². The first-order valence-corrected chi connectivity index (χ1v) is 12.3. The number of hydrogen-bond acceptors (Lipinski definition) is 7. The van der Waals surface area contributed by atoms with Crippen molar-refractivity contribution in [2.75, 3.05) is 38.7 Å². The molecule has 1 unspecified atom stereocenters. The number of rotatable bonds is 8. The molecule has 37 heavy (non-hydrogen) atoms. The Balaban J connectivity index is 1.90. The van der Waals surface area contributed by atoms with Crippen LogP contribution in [0.5, 0.6) is 23.0 Å². The Morgan fingerprint density at radius 2 is 1.54 bits per heavy atom. The number of anilines is 2. The van der Waals surface area contributed by atoms with Gasteiger partial charge in [-0.1, -0.05) is 42.1 Å². The Labute approximate surface area is 220 Å². The van der Waals surface area contributed by atoms with Crippen molar-refractivity contribution in [1.82, 2.24) is 0 Å². The van der Waals surface area contributed by atoms with Gasteiger partial charge in [0.25, 0.3) is 5.91 Å². The SMILES string of the molecule is COc1ccc(NC(C)=O)cc1N1C(=O)/C(=C\c2ccccc2)SC1c1cc(OC)c(OC)c(OC)c1. The van der Waals surface area contributed by atoms with Gasteiger partial charge in [-0.3, -0.25) is 14.5 Å². The molecule has 2 amide bonds. The number of nitrogens with zero attached hydrogens (tertiary/aromatic N) is 1. The molecule has 0 aliphatic carbocycles. The summed E-state index contributed by atoms with van der Waals surface area (Å²) in [5.74, 6) is 1.48. The fraction of sp³-hybridized carbons (Fsp3) is 0.214. The molecule has 3 aromatic carbocycles. The van der Waals surface area contributed by atoms with Crippen LogP contribution >= 0.6 is 11.8 Å². The second kappa shape index (κ2) is 11.3. The highest BCUT2D eigenvalue weighted by Gasteiger charge is 2.40. The minimum absolute atomic E-state index is 0.203. The Hall–Kier alpha value is -4.11. The van der Waals surface area contributed by atoms with Gasteiger partial charge in [0.05, 0.1) is 39.0 Å². The lowest BCUT2D eigenvalue weighted by molar-refractivity contribution is -0.115. The van der Waals surface area contributed by atoms with E-state index in [1.807, 2.05) is 48.5 Å². The lowest BCUT2D eigenvalue weighted by Gasteiger charge is -2.27. The smallest absolute Gasteiger partial charge is 0.266 e. The summed E-state index contributed by atoms with van der Waals surface area (Å²) in [6, 6.07) is 18.5. The van der Waals surface area contributed by atoms with E-state index >= 15 is 0 Å². The van der Waals surface area contributed by atoms with E-state index in [4.69, 9.17) is 18.9 Å². The quantitative estimate of drug-likeness (QED) is 0.393. The van der Waals surface area contributed by atoms with Crippen LogP contribution in [0.25, 0.3) is 6.08 Å². The van der Waals surface area contributed by atoms with Crippen LogP contribution in [0.15, 0.2) is 65.6 Å². The summed E-state index contributed by atoms with van der Waals surface area (Å²) in [6.45, 7) is 1.43. The fourth-order valence-electron chi connectivity index (χ4n) is 4.10. The number of thioether (sulfide) groups is 1. The molecule has 8 nitrogen and oxygen atoms in total. The van der Waals surface area contributed by atoms with Gasteiger partial charge >= 0.3 is 0 Å². The molecule has 0 radical (unpaired) electrons. The molecule has 4 rings (SSSR count). The molecule has 1 N–H and O–H groups in total. The van der Waals surface area contributed by atoms with Gasteiger partial charge in [0, 0.05) is 12.6 Å². The van der Waals surface area contributed by atoms with Gasteiger partial charge in [0.2, 0.25) is 11.7 Å². The number of amides is 2. The zero-order valence-corrected chi connectivity index (χ0v) is 22.0. The van der Waals surface area contributed by atoms with Gasteiger partial charge < -0.3 is 24.3 Å². The minimum atomic E-state index is -0.488. The predicted octanol–water partition coefficient (Wildman–Crippen LogP) is 5.50. The number of hydrogen-bond donors (Lipinski definition) is 1. The maximum absolute atomic E-state index is 13.9. The highest BCUT2D eigenvalue weighted by atomic mass is 32.2. The first kappa shape index (κ1) is 26.0. The van der Waals surface area contributed by atoms with Crippen molar-refractivity contribution in [2.24, 2.45) is 0 Å². The molecule has 1 aliphatic heterocycles. The van der Waals surface area contributed by atoms with Gasteiger partial charge in [-0.05, 0) is 47.5 Å². The summed E-state index contributed by atoms with van der Waals surface area (Å²) < 4.78 is 22.3. The Morgan fingerprint density at radius 1 is 0.892 bits per heavy atom. The van der Waals surface area contributed by atoms with Gasteiger partial charge in [-0.15, -0.1) is 0 Å². The third kappa shape index (κ3) is 5.36. The van der Waals surface area contributed by atoms with Crippen LogP contribution in [0, 0.1) is 0 Å². The summed E-state index contributed by atoms with van der Waals surface area (Å²) in [5.41, 5.74) is 2.73. The lowest BCUT2D eigenvalue weighted by atomic mass is 10.1. The lowest BCUT2D eigenvalue weighted by Crippen LogP contribution is -2.28. The van der Waals surface area contributed by atoms with E-state index in [9.17, 15) is 9.59 Å². The molecule has 0 spiro atoms. The average molecular weight is 521 g/mol. The normalized spacial score (nSPS) is 16.0. The van der Waals surface area contributed by atoms with Crippen molar-refractivity contribution in [3.8, 4) is 23.0 Å². The van der Waals surface area contributed by atoms with E-state index < -0.39 is 5.37 Å². The van der Waals surface area contributed by atoms with Crippen LogP contribution < -0.4 is 29.2 Å². The molecular weight excluding hydrogens is 492 g/mol. The van der Waals surface area contributed by atoms with Crippen molar-refractivity contribution in [1.29, 1.82) is 0 Å². The summed E-state index contributed by atoms with van der Waals surface area (Å²) in [5, 5.41) is 2.29. The van der Waals surface area contributed by atoms with Gasteiger partial charge in [0.1, 0.15) is 11.1 Å². The molecule has 0 saturated carbocycles. The van der Waals surface area contributed by atoms with E-state index in [-0.39, 0.29) is 11.8 Å². The topological polar surface area (TPSA) is 86.3 Å². The zero-order chi connectivity index (χ0) is 26.5. The maximum Gasteiger partial charge on any atom is 0.266 e. The second-order valence-corrected chi connectivity index (χ2v) is 9.21. The first-order chi connectivity index (χ1) is 17.9. The Kier molecular flexibility index (Phi) is 7.93. The average Bonchev–Trinajstić information content (AvgIpc) is 3.23. The van der Waals surface area contributed by atoms with Gasteiger partial charge in [-0.2, -0.15) is 0 Å². The minimum Gasteiger partial charge on any atom is -0.495 e. The van der Waals surface area contributed by atoms with Gasteiger partial charge in [0.15, 0.2) is 11.5 Å². The van der Waals surface area contributed by atoms with E-state index in [1.165, 1.54) is 18.7 Å². The Bertz CT molecular complexity index is 1320. The molecule has 3 aromatic rings. The molecule has 0 aromatic heterocycles. The van der Waals surface area contributed by atoms with Crippen LogP contribution in [0.4, 0.5) is 11.4 Å². The predicted molar refractivity (Wildman–Crippen MR) is 146 cm³/mol. The number of carbonyl (C=O) groups is 2. The number of carbonyl (C=O) groups excluding carboxylic acids is 2. The van der Waals surface area contributed by atoms with Crippen LogP contribution in [0.3, 0.4) is 0 Å². The summed E-state index contributed by atoms with van der Waals surface area (Å²) >= 11 is 1.40. The zero-order valence-electron chi connectivity index (χ0n) is 21.2. The van der Waals surface area contributed by atoms with Crippen molar-refractivity contribution < 1.29 is 28.5 Å². The largest absolute Gasteiger partial charge is 0.495 e. The molecule has 9 heteroatoms. The summed E-state index contributed by atoms with van der Waals surface area (Å²) in [6.07, 6.45) is 1.86. The first-order valence-electron chi connectivity index (χ1n) is 11.4. The van der Waals surface area contributed by atoms with Crippen molar-refractivity contribution in [3.63, 3.8) is 0 Å². The molecule has 192 valence electrons. The molecule has 1 fully saturated rings. The van der Waals surface area contributed by atoms with Gasteiger partial charge in [-0.25, -0.2) is 0 Å². The van der Waals surface area contributed by atoms with Crippen LogP contribution in [-0.4, -0.2) is 40.3 Å². The molecule has 1 heterocycles. The number of ether oxygens (including phenoxy) is 4. The standard InChI is InChI=1S/C28H28N2O6S/c1-17(31)29-20-11-12-22(33-2)21(16-20)30-27(32)25(13-18-9-7-6-8-10-18)37-28(30)19-14-23(34-3)26(36-5)24(15-19)35-4/h6-16,28H,1-5H3,(H,29,31)/b25-13+. The Morgan fingerprint density at radius 3 is 2.11 bits per heavy atom. The molecular formula is C28H28N2O6S. The van der Waals surface area contributed by atoms with Crippen LogP contribution in [0.1, 0.15) is 23.4 Å². The molecule has 0 bridgehead atoms. The molecule has 1 aliphatic rings. The molecule has 1 atom stereocenters. The summed E-state index contributed by atoms with van der Waals surface area (Å²) in [4.78, 5) is 27.9. The van der Waals surface area contributed by atoms with E-state index in [1.54, 1.807) is 51.5 Å². The van der Waals surface area contributed by atoms with E-state index in [2.05, 4.69) is 5.32 Å². The maximum atomic E-state index is 13.9. The van der Waals surface area contributed by atoms with Crippen LogP contribution in [0.2, 0.25) is 0 Å². The molecule has 1 saturated heterocycles. The number of nitrogens with one attached hydrogen (secondary N) is 1. The number of benzene rings is 3. The van der Waals surface area contributed by atoms with E-state index in [0.29, 0.717) is 39.3 Å². The number of methoxy groups -OCH3 is 4. The van der Waals surface area contributed by atoms with Crippen molar-refractivity contribution in [2.45, 2.75) is 12.3 Å². The highest BCUT2D eigenvalue weighted by molar-refractivity contribution is 8.05. The fourth-order valence-corrected chi connectivity index (χ4v) is 5.33.